The van der Waals surface area contributed by atoms with Gasteiger partial charge in [-0.2, -0.15) is 5.10 Å². The maximum absolute atomic E-state index is 10.1. The molecular weight excluding hydrogens is 216 g/mol. The van der Waals surface area contributed by atoms with Gasteiger partial charge in [0.2, 0.25) is 0 Å². The van der Waals surface area contributed by atoms with Crippen LogP contribution in [-0.2, 0) is 17.2 Å². The number of hydrogen-bond acceptors (Lipinski definition) is 3. The second-order valence-electron chi connectivity index (χ2n) is 5.75. The minimum Gasteiger partial charge on any atom is -0.386 e. The lowest BCUT2D eigenvalue weighted by molar-refractivity contribution is 0.00429. The van der Waals surface area contributed by atoms with E-state index in [2.05, 4.69) is 25.9 Å². The van der Waals surface area contributed by atoms with Crippen LogP contribution in [0.1, 0.15) is 52.0 Å². The first-order valence-electron chi connectivity index (χ1n) is 6.05. The van der Waals surface area contributed by atoms with Crippen molar-refractivity contribution in [3.8, 4) is 0 Å². The predicted octanol–water partition coefficient (Wildman–Crippen LogP) is 2.18. The SMILES string of the molecule is CC(C)OCC(O)c1cn(C)nc1C(C)(C)C. The summed E-state index contributed by atoms with van der Waals surface area (Å²) in [5.41, 5.74) is 1.72. The van der Waals surface area contributed by atoms with E-state index in [9.17, 15) is 5.11 Å². The van der Waals surface area contributed by atoms with E-state index in [-0.39, 0.29) is 11.5 Å². The molecule has 0 amide bonds. The minimum atomic E-state index is -0.611. The Morgan fingerprint density at radius 3 is 2.47 bits per heavy atom. The van der Waals surface area contributed by atoms with Gasteiger partial charge in [0, 0.05) is 24.2 Å². The maximum Gasteiger partial charge on any atom is 0.106 e. The van der Waals surface area contributed by atoms with Gasteiger partial charge in [-0.15, -0.1) is 0 Å². The Balaban J connectivity index is 2.89. The Kier molecular flexibility index (Phi) is 4.33. The quantitative estimate of drug-likeness (QED) is 0.877. The molecule has 0 bridgehead atoms. The van der Waals surface area contributed by atoms with Crippen LogP contribution in [0.2, 0.25) is 0 Å². The lowest BCUT2D eigenvalue weighted by atomic mass is 9.88. The molecule has 1 aromatic rings. The first-order valence-corrected chi connectivity index (χ1v) is 6.05. The van der Waals surface area contributed by atoms with E-state index in [0.717, 1.165) is 11.3 Å². The van der Waals surface area contributed by atoms with Crippen LogP contribution in [0, 0.1) is 0 Å². The van der Waals surface area contributed by atoms with Gasteiger partial charge < -0.3 is 9.84 Å². The van der Waals surface area contributed by atoms with Crippen molar-refractivity contribution < 1.29 is 9.84 Å². The van der Waals surface area contributed by atoms with Crippen molar-refractivity contribution >= 4 is 0 Å². The smallest absolute Gasteiger partial charge is 0.106 e. The van der Waals surface area contributed by atoms with Gasteiger partial charge >= 0.3 is 0 Å². The van der Waals surface area contributed by atoms with E-state index >= 15 is 0 Å². The third-order valence-corrected chi connectivity index (χ3v) is 2.51. The summed E-state index contributed by atoms with van der Waals surface area (Å²) in [4.78, 5) is 0. The highest BCUT2D eigenvalue weighted by molar-refractivity contribution is 5.26. The number of nitrogens with zero attached hydrogens (tertiary/aromatic N) is 2. The molecule has 0 aliphatic heterocycles. The molecule has 1 atom stereocenters. The Hall–Kier alpha value is -0.870. The van der Waals surface area contributed by atoms with Gasteiger partial charge in [-0.25, -0.2) is 0 Å². The number of aliphatic hydroxyl groups excluding tert-OH is 1. The molecular formula is C13H24N2O2. The van der Waals surface area contributed by atoms with Crippen LogP contribution in [0.25, 0.3) is 0 Å². The Morgan fingerprint density at radius 2 is 2.00 bits per heavy atom. The highest BCUT2D eigenvalue weighted by Crippen LogP contribution is 2.28. The number of aliphatic hydroxyl groups is 1. The number of aromatic nitrogens is 2. The van der Waals surface area contributed by atoms with Crippen molar-refractivity contribution in [1.29, 1.82) is 0 Å². The monoisotopic (exact) mass is 240 g/mol. The van der Waals surface area contributed by atoms with Crippen molar-refractivity contribution in [3.63, 3.8) is 0 Å². The summed E-state index contributed by atoms with van der Waals surface area (Å²) >= 11 is 0. The summed E-state index contributed by atoms with van der Waals surface area (Å²) in [7, 11) is 1.87. The zero-order valence-electron chi connectivity index (χ0n) is 11.7. The minimum absolute atomic E-state index is 0.0740. The summed E-state index contributed by atoms with van der Waals surface area (Å²) in [6.07, 6.45) is 1.38. The van der Waals surface area contributed by atoms with Crippen LogP contribution in [0.5, 0.6) is 0 Å². The highest BCUT2D eigenvalue weighted by atomic mass is 16.5. The number of aryl methyl sites for hydroxylation is 1. The van der Waals surface area contributed by atoms with Gasteiger partial charge in [0.15, 0.2) is 0 Å². The average molecular weight is 240 g/mol. The highest BCUT2D eigenvalue weighted by Gasteiger charge is 2.25. The molecule has 0 aromatic carbocycles. The normalized spacial score (nSPS) is 14.4. The van der Waals surface area contributed by atoms with Crippen LogP contribution >= 0.6 is 0 Å². The number of ether oxygens (including phenoxy) is 1. The molecule has 0 radical (unpaired) electrons. The van der Waals surface area contributed by atoms with Crippen LogP contribution in [-0.4, -0.2) is 27.6 Å². The van der Waals surface area contributed by atoms with Crippen LogP contribution < -0.4 is 0 Å². The molecule has 0 saturated carbocycles. The van der Waals surface area contributed by atoms with Gasteiger partial charge in [-0.1, -0.05) is 20.8 Å². The number of rotatable bonds is 4. The third-order valence-electron chi connectivity index (χ3n) is 2.51. The maximum atomic E-state index is 10.1. The standard InChI is InChI=1S/C13H24N2O2/c1-9(2)17-8-11(16)10-7-15(6)14-12(10)13(3,4)5/h7,9,11,16H,8H2,1-6H3. The Labute approximate surface area is 104 Å². The van der Waals surface area contributed by atoms with E-state index in [1.54, 1.807) is 4.68 Å². The summed E-state index contributed by atoms with van der Waals surface area (Å²) < 4.78 is 7.19. The Morgan fingerprint density at radius 1 is 1.41 bits per heavy atom. The molecule has 1 aromatic heterocycles. The summed E-state index contributed by atoms with van der Waals surface area (Å²) in [5, 5.41) is 14.6. The molecule has 4 nitrogen and oxygen atoms in total. The van der Waals surface area contributed by atoms with Gasteiger partial charge in [0.05, 0.1) is 18.4 Å². The summed E-state index contributed by atoms with van der Waals surface area (Å²) in [6.45, 7) is 10.5. The molecule has 0 fully saturated rings. The first-order chi connectivity index (χ1) is 7.71. The van der Waals surface area contributed by atoms with Crippen molar-refractivity contribution in [1.82, 2.24) is 9.78 Å². The zero-order chi connectivity index (χ0) is 13.2. The lowest BCUT2D eigenvalue weighted by Crippen LogP contribution is -2.19. The molecule has 17 heavy (non-hydrogen) atoms. The molecule has 1 heterocycles. The molecule has 0 aliphatic rings. The molecule has 1 unspecified atom stereocenters. The zero-order valence-corrected chi connectivity index (χ0v) is 11.7. The average Bonchev–Trinajstić information content (AvgIpc) is 2.56. The summed E-state index contributed by atoms with van der Waals surface area (Å²) in [6, 6.07) is 0. The molecule has 1 N–H and O–H groups in total. The molecule has 0 spiro atoms. The molecule has 1 rings (SSSR count). The van der Waals surface area contributed by atoms with Crippen LogP contribution in [0.3, 0.4) is 0 Å². The van der Waals surface area contributed by atoms with Gasteiger partial charge in [0.25, 0.3) is 0 Å². The van der Waals surface area contributed by atoms with E-state index in [0.29, 0.717) is 6.61 Å². The number of hydrogen-bond donors (Lipinski definition) is 1. The summed E-state index contributed by atoms with van der Waals surface area (Å²) in [5.74, 6) is 0. The molecule has 0 saturated heterocycles. The third kappa shape index (κ3) is 3.82. The van der Waals surface area contributed by atoms with Gasteiger partial charge in [-0.05, 0) is 13.8 Å². The van der Waals surface area contributed by atoms with Crippen LogP contribution in [0.4, 0.5) is 0 Å². The van der Waals surface area contributed by atoms with Crippen molar-refractivity contribution in [2.24, 2.45) is 7.05 Å². The van der Waals surface area contributed by atoms with Crippen LogP contribution in [0.15, 0.2) is 6.20 Å². The van der Waals surface area contributed by atoms with Gasteiger partial charge in [0.1, 0.15) is 6.10 Å². The Bertz CT molecular complexity index is 364. The van der Waals surface area contributed by atoms with Gasteiger partial charge in [-0.3, -0.25) is 4.68 Å². The van der Waals surface area contributed by atoms with E-state index < -0.39 is 6.10 Å². The second-order valence-corrected chi connectivity index (χ2v) is 5.75. The second kappa shape index (κ2) is 5.19. The first kappa shape index (κ1) is 14.2. The fourth-order valence-electron chi connectivity index (χ4n) is 1.71. The molecule has 0 aliphatic carbocycles. The van der Waals surface area contributed by atoms with Crippen molar-refractivity contribution in [3.05, 3.63) is 17.5 Å². The topological polar surface area (TPSA) is 47.3 Å². The fourth-order valence-corrected chi connectivity index (χ4v) is 1.71. The van der Waals surface area contributed by atoms with Crippen molar-refractivity contribution in [2.75, 3.05) is 6.61 Å². The van der Waals surface area contributed by atoms with Crippen molar-refractivity contribution in [2.45, 2.75) is 52.2 Å². The fraction of sp³-hybridized carbons (Fsp3) is 0.769. The molecule has 4 heteroatoms. The lowest BCUT2D eigenvalue weighted by Gasteiger charge is -2.20. The predicted molar refractivity (Wildman–Crippen MR) is 68.0 cm³/mol. The largest absolute Gasteiger partial charge is 0.386 e. The molecule has 98 valence electrons. The van der Waals surface area contributed by atoms with E-state index in [4.69, 9.17) is 4.74 Å². The van der Waals surface area contributed by atoms with E-state index in [1.807, 2.05) is 27.1 Å². The van der Waals surface area contributed by atoms with E-state index in [1.165, 1.54) is 0 Å².